The maximum atomic E-state index is 11.9. The lowest BCUT2D eigenvalue weighted by molar-refractivity contribution is -0.129. The minimum absolute atomic E-state index is 0.0277. The van der Waals surface area contributed by atoms with E-state index in [9.17, 15) is 4.79 Å². The fraction of sp³-hybridized carbons (Fsp3) is 0.474. The summed E-state index contributed by atoms with van der Waals surface area (Å²) in [5.41, 5.74) is 3.29. The predicted molar refractivity (Wildman–Crippen MR) is 98.0 cm³/mol. The van der Waals surface area contributed by atoms with Gasteiger partial charge in [0.15, 0.2) is 0 Å². The molecule has 0 spiro atoms. The van der Waals surface area contributed by atoms with Gasteiger partial charge in [-0.3, -0.25) is 9.48 Å². The number of amides is 1. The quantitative estimate of drug-likeness (QED) is 0.810. The van der Waals surface area contributed by atoms with E-state index in [1.54, 1.807) is 30.8 Å². The lowest BCUT2D eigenvalue weighted by Crippen LogP contribution is -2.28. The van der Waals surface area contributed by atoms with Gasteiger partial charge < -0.3 is 19.7 Å². The standard InChI is InChI=1S/C19H26N4O3/c1-22(2)18(24)13-23-12-15-8-9-26-17(19(15)21-23)11-20-10-14-4-6-16(25-3)7-5-14/h4-7,12,17,20H,8-11,13H2,1-3H3/t17-/m0/s1. The monoisotopic (exact) mass is 358 g/mol. The fourth-order valence-electron chi connectivity index (χ4n) is 2.94. The van der Waals surface area contributed by atoms with Gasteiger partial charge in [-0.05, 0) is 29.7 Å². The van der Waals surface area contributed by atoms with Gasteiger partial charge in [0.25, 0.3) is 0 Å². The van der Waals surface area contributed by atoms with E-state index < -0.39 is 0 Å². The highest BCUT2D eigenvalue weighted by Crippen LogP contribution is 2.25. The van der Waals surface area contributed by atoms with Crippen molar-refractivity contribution in [2.75, 3.05) is 34.4 Å². The summed E-state index contributed by atoms with van der Waals surface area (Å²) < 4.78 is 12.8. The number of hydrogen-bond donors (Lipinski definition) is 1. The second-order valence-electron chi connectivity index (χ2n) is 6.61. The molecule has 2 heterocycles. The minimum atomic E-state index is -0.0901. The van der Waals surface area contributed by atoms with Gasteiger partial charge in [0.05, 0.1) is 19.4 Å². The average Bonchev–Trinajstić information content (AvgIpc) is 3.05. The van der Waals surface area contributed by atoms with Crippen molar-refractivity contribution in [3.05, 3.63) is 47.3 Å². The van der Waals surface area contributed by atoms with Crippen LogP contribution in [0, 0.1) is 0 Å². The van der Waals surface area contributed by atoms with Gasteiger partial charge in [0.2, 0.25) is 5.91 Å². The van der Waals surface area contributed by atoms with E-state index in [1.165, 1.54) is 11.1 Å². The number of methoxy groups -OCH3 is 1. The number of aromatic nitrogens is 2. The second kappa shape index (κ2) is 8.33. The van der Waals surface area contributed by atoms with Crippen LogP contribution in [0.2, 0.25) is 0 Å². The van der Waals surface area contributed by atoms with E-state index in [-0.39, 0.29) is 18.6 Å². The third-order valence-corrected chi connectivity index (χ3v) is 4.48. The summed E-state index contributed by atoms with van der Waals surface area (Å²) in [4.78, 5) is 13.5. The van der Waals surface area contributed by atoms with Gasteiger partial charge in [-0.2, -0.15) is 5.10 Å². The number of carbonyl (C=O) groups excluding carboxylic acids is 1. The van der Waals surface area contributed by atoms with E-state index in [2.05, 4.69) is 10.4 Å². The number of likely N-dealkylation sites (N-methyl/N-ethyl adjacent to an activating group) is 1. The third-order valence-electron chi connectivity index (χ3n) is 4.48. The molecule has 2 aromatic rings. The maximum Gasteiger partial charge on any atom is 0.243 e. The van der Waals surface area contributed by atoms with Crippen LogP contribution in [-0.2, 0) is 29.0 Å². The number of hydrogen-bond acceptors (Lipinski definition) is 5. The van der Waals surface area contributed by atoms with Crippen LogP contribution in [0.25, 0.3) is 0 Å². The molecule has 1 atom stereocenters. The highest BCUT2D eigenvalue weighted by Gasteiger charge is 2.25. The molecule has 7 nitrogen and oxygen atoms in total. The second-order valence-corrected chi connectivity index (χ2v) is 6.61. The molecule has 26 heavy (non-hydrogen) atoms. The molecular formula is C19H26N4O3. The van der Waals surface area contributed by atoms with Crippen LogP contribution in [0.1, 0.15) is 22.9 Å². The van der Waals surface area contributed by atoms with Gasteiger partial charge in [0.1, 0.15) is 18.4 Å². The van der Waals surface area contributed by atoms with Crippen LogP contribution in [0.15, 0.2) is 30.5 Å². The highest BCUT2D eigenvalue weighted by molar-refractivity contribution is 5.75. The fourth-order valence-corrected chi connectivity index (χ4v) is 2.94. The van der Waals surface area contributed by atoms with E-state index >= 15 is 0 Å². The maximum absolute atomic E-state index is 11.9. The molecule has 0 fully saturated rings. The van der Waals surface area contributed by atoms with Crippen LogP contribution in [0.5, 0.6) is 5.75 Å². The Kier molecular flexibility index (Phi) is 5.90. The molecule has 1 aromatic carbocycles. The first-order valence-electron chi connectivity index (χ1n) is 8.78. The van der Waals surface area contributed by atoms with Crippen LogP contribution in [-0.4, -0.2) is 54.9 Å². The minimum Gasteiger partial charge on any atom is -0.497 e. The molecule has 0 bridgehead atoms. The highest BCUT2D eigenvalue weighted by atomic mass is 16.5. The van der Waals surface area contributed by atoms with Crippen LogP contribution < -0.4 is 10.1 Å². The predicted octanol–water partition coefficient (Wildman–Crippen LogP) is 1.38. The Bertz CT molecular complexity index is 740. The summed E-state index contributed by atoms with van der Waals surface area (Å²) >= 11 is 0. The number of nitrogens with one attached hydrogen (secondary N) is 1. The zero-order valence-electron chi connectivity index (χ0n) is 15.6. The van der Waals surface area contributed by atoms with E-state index in [0.29, 0.717) is 13.2 Å². The Balaban J connectivity index is 1.58. The first-order chi connectivity index (χ1) is 12.6. The number of rotatable bonds is 7. The van der Waals surface area contributed by atoms with Gasteiger partial charge in [0, 0.05) is 33.4 Å². The van der Waals surface area contributed by atoms with Crippen molar-refractivity contribution in [3.63, 3.8) is 0 Å². The molecule has 0 radical (unpaired) electrons. The normalized spacial score (nSPS) is 16.2. The molecule has 3 rings (SSSR count). The van der Waals surface area contributed by atoms with Gasteiger partial charge >= 0.3 is 0 Å². The zero-order valence-corrected chi connectivity index (χ0v) is 15.6. The average molecular weight is 358 g/mol. The lowest BCUT2D eigenvalue weighted by Gasteiger charge is -2.22. The van der Waals surface area contributed by atoms with Crippen molar-refractivity contribution in [3.8, 4) is 5.75 Å². The Morgan fingerprint density at radius 1 is 1.38 bits per heavy atom. The summed E-state index contributed by atoms with van der Waals surface area (Å²) in [6.45, 7) is 2.36. The SMILES string of the molecule is COc1ccc(CNC[C@@H]2OCCc3cn(CC(=O)N(C)C)nc32)cc1. The third kappa shape index (κ3) is 4.42. The number of nitrogens with zero attached hydrogens (tertiary/aromatic N) is 3. The van der Waals surface area contributed by atoms with Crippen LogP contribution >= 0.6 is 0 Å². The van der Waals surface area contributed by atoms with Crippen molar-refractivity contribution in [1.82, 2.24) is 20.0 Å². The number of fused-ring (bicyclic) bond motifs is 1. The van der Waals surface area contributed by atoms with Crippen molar-refractivity contribution in [2.24, 2.45) is 0 Å². The van der Waals surface area contributed by atoms with Crippen molar-refractivity contribution in [1.29, 1.82) is 0 Å². The zero-order chi connectivity index (χ0) is 18.5. The first kappa shape index (κ1) is 18.4. The Hall–Kier alpha value is -2.38. The van der Waals surface area contributed by atoms with E-state index in [1.807, 2.05) is 30.5 Å². The Labute approximate surface area is 153 Å². The largest absolute Gasteiger partial charge is 0.497 e. The molecule has 0 aliphatic carbocycles. The van der Waals surface area contributed by atoms with Crippen LogP contribution in [0.4, 0.5) is 0 Å². The summed E-state index contributed by atoms with van der Waals surface area (Å²) in [5.74, 6) is 0.881. The Morgan fingerprint density at radius 2 is 2.15 bits per heavy atom. The van der Waals surface area contributed by atoms with Gasteiger partial charge in [-0.15, -0.1) is 0 Å². The van der Waals surface area contributed by atoms with Gasteiger partial charge in [-0.25, -0.2) is 0 Å². The molecule has 1 N–H and O–H groups in total. The van der Waals surface area contributed by atoms with Crippen LogP contribution in [0.3, 0.4) is 0 Å². The molecule has 0 unspecified atom stereocenters. The molecule has 0 saturated carbocycles. The number of carbonyl (C=O) groups is 1. The summed E-state index contributed by atoms with van der Waals surface area (Å²) in [6, 6.07) is 7.99. The van der Waals surface area contributed by atoms with E-state index in [4.69, 9.17) is 9.47 Å². The molecule has 140 valence electrons. The van der Waals surface area contributed by atoms with Crippen molar-refractivity contribution < 1.29 is 14.3 Å². The Morgan fingerprint density at radius 3 is 2.85 bits per heavy atom. The van der Waals surface area contributed by atoms with Crippen molar-refractivity contribution >= 4 is 5.91 Å². The molecule has 7 heteroatoms. The number of ether oxygens (including phenoxy) is 2. The molecule has 1 aliphatic heterocycles. The molecule has 0 saturated heterocycles. The molecular weight excluding hydrogens is 332 g/mol. The van der Waals surface area contributed by atoms with Gasteiger partial charge in [-0.1, -0.05) is 12.1 Å². The summed E-state index contributed by atoms with van der Waals surface area (Å²) in [7, 11) is 5.16. The topological polar surface area (TPSA) is 68.6 Å². The molecule has 1 amide bonds. The molecule has 1 aromatic heterocycles. The smallest absolute Gasteiger partial charge is 0.243 e. The summed E-state index contributed by atoms with van der Waals surface area (Å²) in [5, 5.41) is 8.02. The lowest BCUT2D eigenvalue weighted by atomic mass is 10.1. The van der Waals surface area contributed by atoms with E-state index in [0.717, 1.165) is 24.4 Å². The first-order valence-corrected chi connectivity index (χ1v) is 8.78. The van der Waals surface area contributed by atoms with Crippen molar-refractivity contribution in [2.45, 2.75) is 25.6 Å². The molecule has 1 aliphatic rings. The number of benzene rings is 1. The summed E-state index contributed by atoms with van der Waals surface area (Å²) in [6.07, 6.45) is 2.71.